The first-order chi connectivity index (χ1) is 8.70. The van der Waals surface area contributed by atoms with Crippen LogP contribution in [-0.2, 0) is 6.42 Å². The van der Waals surface area contributed by atoms with E-state index in [1.54, 1.807) is 0 Å². The lowest BCUT2D eigenvalue weighted by Gasteiger charge is -2.27. The molecule has 3 heteroatoms. The van der Waals surface area contributed by atoms with Gasteiger partial charge < -0.3 is 10.2 Å². The Balaban J connectivity index is 2.01. The molecule has 1 aliphatic rings. The second kappa shape index (κ2) is 5.99. The minimum absolute atomic E-state index is 0.824. The van der Waals surface area contributed by atoms with E-state index in [0.29, 0.717) is 0 Å². The second-order valence-corrected chi connectivity index (χ2v) is 5.04. The molecule has 0 bridgehead atoms. The van der Waals surface area contributed by atoms with E-state index < -0.39 is 0 Å². The van der Waals surface area contributed by atoms with Gasteiger partial charge in [0.2, 0.25) is 0 Å². The topological polar surface area (TPSA) is 39.1 Å². The van der Waals surface area contributed by atoms with Crippen molar-refractivity contribution in [3.05, 3.63) is 34.4 Å². The summed E-state index contributed by atoms with van der Waals surface area (Å²) >= 11 is 0. The zero-order chi connectivity index (χ0) is 13.0. The lowest BCUT2D eigenvalue weighted by atomic mass is 9.98. The van der Waals surface area contributed by atoms with Crippen LogP contribution in [0.5, 0.6) is 0 Å². The number of nitrogens with zero attached hydrogens (tertiary/aromatic N) is 2. The van der Waals surface area contributed by atoms with Gasteiger partial charge in [0.15, 0.2) is 0 Å². The average Bonchev–Trinajstić information content (AvgIpc) is 2.41. The van der Waals surface area contributed by atoms with Gasteiger partial charge in [0.1, 0.15) is 0 Å². The average molecular weight is 243 g/mol. The molecular weight excluding hydrogens is 222 g/mol. The third-order valence-corrected chi connectivity index (χ3v) is 3.77. The number of rotatable bonds is 3. The van der Waals surface area contributed by atoms with E-state index in [9.17, 15) is 0 Å². The van der Waals surface area contributed by atoms with Crippen molar-refractivity contribution >= 4 is 0 Å². The summed E-state index contributed by atoms with van der Waals surface area (Å²) in [5.41, 5.74) is 4.45. The monoisotopic (exact) mass is 243 g/mol. The molecule has 0 aliphatic carbocycles. The normalized spacial score (nSPS) is 16.5. The fourth-order valence-electron chi connectivity index (χ4n) is 2.42. The highest BCUT2D eigenvalue weighted by molar-refractivity contribution is 5.44. The van der Waals surface area contributed by atoms with E-state index >= 15 is 0 Å². The molecule has 1 aromatic carbocycles. The third kappa shape index (κ3) is 3.10. The first kappa shape index (κ1) is 13.1. The van der Waals surface area contributed by atoms with Gasteiger partial charge in [-0.25, -0.2) is 0 Å². The molecule has 2 rings (SSSR count). The van der Waals surface area contributed by atoms with Crippen molar-refractivity contribution in [3.8, 4) is 6.07 Å². The molecule has 1 aromatic rings. The second-order valence-electron chi connectivity index (χ2n) is 5.04. The highest BCUT2D eigenvalue weighted by atomic mass is 15.2. The summed E-state index contributed by atoms with van der Waals surface area (Å²) < 4.78 is 0. The van der Waals surface area contributed by atoms with Gasteiger partial charge >= 0.3 is 0 Å². The van der Waals surface area contributed by atoms with Crippen LogP contribution < -0.4 is 5.32 Å². The Kier molecular flexibility index (Phi) is 4.35. The molecule has 0 amide bonds. The maximum Gasteiger partial charge on any atom is 0.0994 e. The summed E-state index contributed by atoms with van der Waals surface area (Å²) in [5, 5.41) is 12.5. The van der Waals surface area contributed by atoms with Crippen molar-refractivity contribution in [1.82, 2.24) is 10.2 Å². The van der Waals surface area contributed by atoms with Crippen LogP contribution >= 0.6 is 0 Å². The van der Waals surface area contributed by atoms with E-state index in [2.05, 4.69) is 29.3 Å². The van der Waals surface area contributed by atoms with Crippen LogP contribution in [0.1, 0.15) is 22.3 Å². The number of nitrogens with one attached hydrogen (secondary N) is 1. The first-order valence-electron chi connectivity index (χ1n) is 6.64. The molecule has 0 unspecified atom stereocenters. The number of piperazine rings is 1. The largest absolute Gasteiger partial charge is 0.314 e. The molecular formula is C15H21N3. The lowest BCUT2D eigenvalue weighted by Crippen LogP contribution is -2.44. The summed E-state index contributed by atoms with van der Waals surface area (Å²) in [6, 6.07) is 6.56. The lowest BCUT2D eigenvalue weighted by molar-refractivity contribution is 0.244. The molecule has 1 fully saturated rings. The van der Waals surface area contributed by atoms with E-state index in [1.165, 1.54) is 11.1 Å². The van der Waals surface area contributed by atoms with Crippen LogP contribution in [0, 0.1) is 25.2 Å². The van der Waals surface area contributed by atoms with Crippen LogP contribution in [0.2, 0.25) is 0 Å². The maximum atomic E-state index is 9.12. The molecule has 0 spiro atoms. The van der Waals surface area contributed by atoms with Crippen molar-refractivity contribution in [2.45, 2.75) is 20.3 Å². The number of hydrogen-bond donors (Lipinski definition) is 1. The van der Waals surface area contributed by atoms with E-state index in [0.717, 1.165) is 50.3 Å². The van der Waals surface area contributed by atoms with Crippen LogP contribution in [0.3, 0.4) is 0 Å². The van der Waals surface area contributed by atoms with Crippen molar-refractivity contribution in [3.63, 3.8) is 0 Å². The summed E-state index contributed by atoms with van der Waals surface area (Å²) in [6.07, 6.45) is 1.04. The van der Waals surface area contributed by atoms with Crippen LogP contribution in [0.4, 0.5) is 0 Å². The zero-order valence-corrected chi connectivity index (χ0v) is 11.3. The summed E-state index contributed by atoms with van der Waals surface area (Å²) in [7, 11) is 0. The van der Waals surface area contributed by atoms with Crippen molar-refractivity contribution < 1.29 is 0 Å². The van der Waals surface area contributed by atoms with Gasteiger partial charge in [-0.05, 0) is 43.0 Å². The standard InChI is InChI=1S/C15H21N3/c1-12-9-14(10-15(11-16)13(12)2)3-6-18-7-4-17-5-8-18/h9-10,17H,3-8H2,1-2H3. The molecule has 18 heavy (non-hydrogen) atoms. The van der Waals surface area contributed by atoms with Gasteiger partial charge in [-0.15, -0.1) is 0 Å². The Bertz CT molecular complexity index is 454. The van der Waals surface area contributed by atoms with Gasteiger partial charge in [0.05, 0.1) is 11.6 Å². The number of aryl methyl sites for hydroxylation is 1. The summed E-state index contributed by atoms with van der Waals surface area (Å²) in [6.45, 7) is 9.66. The number of hydrogen-bond acceptors (Lipinski definition) is 3. The van der Waals surface area contributed by atoms with Gasteiger partial charge in [0.25, 0.3) is 0 Å². The minimum Gasteiger partial charge on any atom is -0.314 e. The van der Waals surface area contributed by atoms with E-state index in [-0.39, 0.29) is 0 Å². The minimum atomic E-state index is 0.824. The Morgan fingerprint density at radius 1 is 1.28 bits per heavy atom. The summed E-state index contributed by atoms with van der Waals surface area (Å²) in [5.74, 6) is 0. The first-order valence-corrected chi connectivity index (χ1v) is 6.64. The van der Waals surface area contributed by atoms with E-state index in [1.807, 2.05) is 13.0 Å². The molecule has 1 heterocycles. The highest BCUT2D eigenvalue weighted by Crippen LogP contribution is 2.16. The predicted octanol–water partition coefficient (Wildman–Crippen LogP) is 1.62. The van der Waals surface area contributed by atoms with E-state index in [4.69, 9.17) is 5.26 Å². The molecule has 1 aliphatic heterocycles. The Morgan fingerprint density at radius 3 is 2.67 bits per heavy atom. The van der Waals surface area contributed by atoms with Crippen molar-refractivity contribution in [2.24, 2.45) is 0 Å². The Hall–Kier alpha value is -1.37. The van der Waals surface area contributed by atoms with Crippen molar-refractivity contribution in [2.75, 3.05) is 32.7 Å². The number of nitriles is 1. The third-order valence-electron chi connectivity index (χ3n) is 3.77. The fourth-order valence-corrected chi connectivity index (χ4v) is 2.42. The van der Waals surface area contributed by atoms with Crippen molar-refractivity contribution in [1.29, 1.82) is 5.26 Å². The fraction of sp³-hybridized carbons (Fsp3) is 0.533. The molecule has 0 aromatic heterocycles. The molecule has 0 atom stereocenters. The zero-order valence-electron chi connectivity index (χ0n) is 11.3. The quantitative estimate of drug-likeness (QED) is 0.877. The van der Waals surface area contributed by atoms with Crippen LogP contribution in [0.25, 0.3) is 0 Å². The van der Waals surface area contributed by atoms with Gasteiger partial charge in [-0.2, -0.15) is 5.26 Å². The number of benzene rings is 1. The smallest absolute Gasteiger partial charge is 0.0994 e. The Labute approximate surface area is 109 Å². The molecule has 3 nitrogen and oxygen atoms in total. The summed E-state index contributed by atoms with van der Waals surface area (Å²) in [4.78, 5) is 2.48. The highest BCUT2D eigenvalue weighted by Gasteiger charge is 2.10. The van der Waals surface area contributed by atoms with Crippen LogP contribution in [0.15, 0.2) is 12.1 Å². The van der Waals surface area contributed by atoms with Gasteiger partial charge in [0, 0.05) is 32.7 Å². The van der Waals surface area contributed by atoms with Crippen LogP contribution in [-0.4, -0.2) is 37.6 Å². The molecule has 1 N–H and O–H groups in total. The maximum absolute atomic E-state index is 9.12. The predicted molar refractivity (Wildman–Crippen MR) is 73.6 cm³/mol. The van der Waals surface area contributed by atoms with Gasteiger partial charge in [-0.3, -0.25) is 0 Å². The SMILES string of the molecule is Cc1cc(CCN2CCNCC2)cc(C#N)c1C. The molecule has 1 saturated heterocycles. The van der Waals surface area contributed by atoms with Gasteiger partial charge in [-0.1, -0.05) is 6.07 Å². The molecule has 0 saturated carbocycles. The molecule has 0 radical (unpaired) electrons. The molecule has 96 valence electrons. The Morgan fingerprint density at radius 2 is 2.00 bits per heavy atom.